The van der Waals surface area contributed by atoms with E-state index in [0.29, 0.717) is 0 Å². The zero-order chi connectivity index (χ0) is 35.8. The molecule has 9 rings (SSSR count). The highest BCUT2D eigenvalue weighted by molar-refractivity contribution is 7.00. The zero-order valence-corrected chi connectivity index (χ0v) is 30.8. The molecule has 7 aromatic carbocycles. The van der Waals surface area contributed by atoms with Crippen LogP contribution in [-0.2, 0) is 10.8 Å². The van der Waals surface area contributed by atoms with E-state index in [-0.39, 0.29) is 17.5 Å². The van der Waals surface area contributed by atoms with Crippen molar-refractivity contribution in [3.8, 4) is 11.5 Å². The van der Waals surface area contributed by atoms with Gasteiger partial charge in [-0.05, 0) is 86.2 Å². The first kappa shape index (κ1) is 32.2. The van der Waals surface area contributed by atoms with Gasteiger partial charge in [-0.1, -0.05) is 145 Å². The Balaban J connectivity index is 1.36. The van der Waals surface area contributed by atoms with Gasteiger partial charge in [0, 0.05) is 39.9 Å². The van der Waals surface area contributed by atoms with Crippen molar-refractivity contribution in [2.24, 2.45) is 0 Å². The number of ether oxygens (including phenoxy) is 1. The molecule has 7 aromatic rings. The molecule has 52 heavy (non-hydrogen) atoms. The van der Waals surface area contributed by atoms with Crippen molar-refractivity contribution in [1.29, 1.82) is 0 Å². The van der Waals surface area contributed by atoms with Gasteiger partial charge >= 0.3 is 0 Å². The molecule has 0 radical (unpaired) electrons. The predicted octanol–water partition coefficient (Wildman–Crippen LogP) is 11.3. The summed E-state index contributed by atoms with van der Waals surface area (Å²) in [5.41, 5.74) is 13.2. The molecule has 4 heteroatoms. The second-order valence-corrected chi connectivity index (χ2v) is 16.2. The molecule has 0 spiro atoms. The minimum absolute atomic E-state index is 0.0221. The normalized spacial score (nSPS) is 13.3. The number of fused-ring (bicyclic) bond motifs is 6. The van der Waals surface area contributed by atoms with Crippen molar-refractivity contribution in [2.45, 2.75) is 52.4 Å². The highest BCUT2D eigenvalue weighted by atomic mass is 16.5. The lowest BCUT2D eigenvalue weighted by atomic mass is 9.33. The standard InChI is InChI=1S/C48H43BN2O/c1-47(2,3)36-25-15-16-28-39(36)51-40-29-18-30-42-45(40)49(38-27-17-26-37(46(38)51)48(4,5)6)44-35-24-14-13-23-34(35)41(31-43(44)52-42)50(32-19-9-7-10-20-32)33-21-11-8-12-22-33/h7-31H,1-6H3. The van der Waals surface area contributed by atoms with E-state index in [9.17, 15) is 0 Å². The quantitative estimate of drug-likeness (QED) is 0.173. The van der Waals surface area contributed by atoms with Crippen LogP contribution in [0.3, 0.4) is 0 Å². The maximum absolute atomic E-state index is 7.14. The van der Waals surface area contributed by atoms with Crippen LogP contribution in [0.4, 0.5) is 34.1 Å². The molecule has 2 aliphatic heterocycles. The Kier molecular flexibility index (Phi) is 7.38. The van der Waals surface area contributed by atoms with Gasteiger partial charge in [-0.2, -0.15) is 0 Å². The van der Waals surface area contributed by atoms with Gasteiger partial charge in [-0.25, -0.2) is 0 Å². The van der Waals surface area contributed by atoms with Gasteiger partial charge in [0.25, 0.3) is 6.71 Å². The summed E-state index contributed by atoms with van der Waals surface area (Å²) in [5, 5.41) is 2.39. The average Bonchev–Trinajstić information content (AvgIpc) is 3.15. The van der Waals surface area contributed by atoms with Crippen molar-refractivity contribution in [2.75, 3.05) is 9.80 Å². The maximum atomic E-state index is 7.14. The Morgan fingerprint density at radius 2 is 1.06 bits per heavy atom. The van der Waals surface area contributed by atoms with Gasteiger partial charge in [-0.15, -0.1) is 0 Å². The van der Waals surface area contributed by atoms with E-state index in [2.05, 4.69) is 203 Å². The molecule has 2 heterocycles. The number of anilines is 6. The lowest BCUT2D eigenvalue weighted by molar-refractivity contribution is 0.488. The van der Waals surface area contributed by atoms with E-state index >= 15 is 0 Å². The molecule has 0 saturated heterocycles. The third-order valence-corrected chi connectivity index (χ3v) is 10.7. The van der Waals surface area contributed by atoms with Crippen LogP contribution >= 0.6 is 0 Å². The highest BCUT2D eigenvalue weighted by Gasteiger charge is 2.45. The summed E-state index contributed by atoms with van der Waals surface area (Å²) in [4.78, 5) is 4.90. The van der Waals surface area contributed by atoms with Crippen LogP contribution in [-0.4, -0.2) is 6.71 Å². The number of rotatable bonds is 4. The van der Waals surface area contributed by atoms with Crippen molar-refractivity contribution in [1.82, 2.24) is 0 Å². The van der Waals surface area contributed by atoms with Crippen LogP contribution < -0.4 is 30.9 Å². The van der Waals surface area contributed by atoms with Gasteiger partial charge in [0.2, 0.25) is 0 Å². The van der Waals surface area contributed by atoms with E-state index in [4.69, 9.17) is 4.74 Å². The lowest BCUT2D eigenvalue weighted by Gasteiger charge is -2.44. The Morgan fingerprint density at radius 3 is 1.73 bits per heavy atom. The summed E-state index contributed by atoms with van der Waals surface area (Å²) < 4.78 is 7.14. The molecule has 254 valence electrons. The fraction of sp³-hybridized carbons (Fsp3) is 0.167. The Hall–Kier alpha value is -5.74. The highest BCUT2D eigenvalue weighted by Crippen LogP contribution is 2.49. The third kappa shape index (κ3) is 5.04. The van der Waals surface area contributed by atoms with Crippen LogP contribution in [0.5, 0.6) is 11.5 Å². The molecule has 0 unspecified atom stereocenters. The summed E-state index contributed by atoms with van der Waals surface area (Å²) in [6.07, 6.45) is 0. The Bertz CT molecular complexity index is 2440. The Morgan fingerprint density at radius 1 is 0.500 bits per heavy atom. The summed E-state index contributed by atoms with van der Waals surface area (Å²) in [6.45, 7) is 13.9. The van der Waals surface area contributed by atoms with E-state index in [1.807, 2.05) is 0 Å². The summed E-state index contributed by atoms with van der Waals surface area (Å²) >= 11 is 0. The number of hydrogen-bond donors (Lipinski definition) is 0. The summed E-state index contributed by atoms with van der Waals surface area (Å²) in [5.74, 6) is 1.81. The molecule has 2 aliphatic rings. The Labute approximate surface area is 308 Å². The largest absolute Gasteiger partial charge is 0.458 e. The topological polar surface area (TPSA) is 15.7 Å². The SMILES string of the molecule is CC(C)(C)c1ccccc1N1c2cccc3c2B(c2cccc(C(C)(C)C)c21)c1c(cc(N(c2ccccc2)c2ccccc2)c2ccccc12)O3. The first-order valence-corrected chi connectivity index (χ1v) is 18.4. The third-order valence-electron chi connectivity index (χ3n) is 10.7. The minimum atomic E-state index is -0.0961. The van der Waals surface area contributed by atoms with Crippen molar-refractivity contribution in [3.63, 3.8) is 0 Å². The van der Waals surface area contributed by atoms with Crippen LogP contribution in [0, 0.1) is 0 Å². The maximum Gasteiger partial charge on any atom is 0.257 e. The molecular weight excluding hydrogens is 631 g/mol. The first-order chi connectivity index (χ1) is 25.1. The van der Waals surface area contributed by atoms with E-state index < -0.39 is 0 Å². The van der Waals surface area contributed by atoms with Crippen molar-refractivity contribution < 1.29 is 4.74 Å². The number of hydrogen-bond acceptors (Lipinski definition) is 3. The number of para-hydroxylation sites is 4. The fourth-order valence-electron chi connectivity index (χ4n) is 8.51. The van der Waals surface area contributed by atoms with Gasteiger partial charge < -0.3 is 14.5 Å². The van der Waals surface area contributed by atoms with E-state index in [1.54, 1.807) is 0 Å². The van der Waals surface area contributed by atoms with Crippen molar-refractivity contribution in [3.05, 3.63) is 163 Å². The molecule has 0 N–H and O–H groups in total. The van der Waals surface area contributed by atoms with Gasteiger partial charge in [0.05, 0.1) is 5.69 Å². The van der Waals surface area contributed by atoms with Gasteiger partial charge in [-0.3, -0.25) is 0 Å². The lowest BCUT2D eigenvalue weighted by Crippen LogP contribution is -2.60. The molecule has 0 bridgehead atoms. The molecule has 3 nitrogen and oxygen atoms in total. The average molecular weight is 675 g/mol. The fourth-order valence-corrected chi connectivity index (χ4v) is 8.51. The molecule has 0 aromatic heterocycles. The van der Waals surface area contributed by atoms with Gasteiger partial charge in [0.15, 0.2) is 0 Å². The molecule has 0 atom stereocenters. The number of benzene rings is 7. The van der Waals surface area contributed by atoms with Crippen LogP contribution in [0.25, 0.3) is 10.8 Å². The van der Waals surface area contributed by atoms with Crippen LogP contribution in [0.1, 0.15) is 52.7 Å². The monoisotopic (exact) mass is 674 g/mol. The second kappa shape index (κ2) is 11.9. The smallest absolute Gasteiger partial charge is 0.257 e. The molecule has 0 saturated carbocycles. The first-order valence-electron chi connectivity index (χ1n) is 18.4. The summed E-state index contributed by atoms with van der Waals surface area (Å²) in [6, 6.07) is 55.0. The van der Waals surface area contributed by atoms with Gasteiger partial charge in [0.1, 0.15) is 11.5 Å². The summed E-state index contributed by atoms with van der Waals surface area (Å²) in [7, 11) is 0. The molecule has 0 fully saturated rings. The van der Waals surface area contributed by atoms with E-state index in [1.165, 1.54) is 55.3 Å². The number of nitrogens with zero attached hydrogens (tertiary/aromatic N) is 2. The molecule has 0 amide bonds. The van der Waals surface area contributed by atoms with Crippen molar-refractivity contribution >= 4 is 68.0 Å². The minimum Gasteiger partial charge on any atom is -0.458 e. The van der Waals surface area contributed by atoms with Crippen LogP contribution in [0.15, 0.2) is 152 Å². The predicted molar refractivity (Wildman–Crippen MR) is 222 cm³/mol. The van der Waals surface area contributed by atoms with Crippen LogP contribution in [0.2, 0.25) is 0 Å². The molecule has 0 aliphatic carbocycles. The van der Waals surface area contributed by atoms with E-state index in [0.717, 1.165) is 28.6 Å². The zero-order valence-electron chi connectivity index (χ0n) is 30.8. The second-order valence-electron chi connectivity index (χ2n) is 16.2. The molecular formula is C48H43BN2O.